The maximum absolute atomic E-state index is 5.73. The molecule has 0 heterocycles. The van der Waals surface area contributed by atoms with Crippen molar-refractivity contribution >= 4 is 17.2 Å². The van der Waals surface area contributed by atoms with Crippen molar-refractivity contribution in [3.63, 3.8) is 0 Å². The van der Waals surface area contributed by atoms with E-state index in [0.29, 0.717) is 0 Å². The molecule has 0 aromatic heterocycles. The SMILES string of the molecule is CC(C)OP(OC(C)C)OP(OC(C)C)OC(C)C. The Labute approximate surface area is 120 Å². The van der Waals surface area contributed by atoms with Gasteiger partial charge in [0.2, 0.25) is 0 Å². The van der Waals surface area contributed by atoms with E-state index in [9.17, 15) is 0 Å². The molecule has 0 saturated carbocycles. The van der Waals surface area contributed by atoms with Crippen LogP contribution >= 0.6 is 17.2 Å². The fourth-order valence-corrected chi connectivity index (χ4v) is 3.40. The zero-order valence-electron chi connectivity index (χ0n) is 13.2. The molecule has 0 aliphatic rings. The second-order valence-corrected chi connectivity index (χ2v) is 7.54. The molecule has 0 aliphatic carbocycles. The fraction of sp³-hybridized carbons (Fsp3) is 1.00. The summed E-state index contributed by atoms with van der Waals surface area (Å²) in [5, 5.41) is 0. The Morgan fingerprint density at radius 1 is 0.474 bits per heavy atom. The fourth-order valence-electron chi connectivity index (χ4n) is 0.870. The van der Waals surface area contributed by atoms with E-state index in [4.69, 9.17) is 22.4 Å². The first kappa shape index (κ1) is 19.7. The van der Waals surface area contributed by atoms with Crippen LogP contribution in [0, 0.1) is 0 Å². The molecule has 0 amide bonds. The van der Waals surface area contributed by atoms with Gasteiger partial charge in [-0.15, -0.1) is 0 Å². The molecule has 0 aromatic rings. The molecule has 5 nitrogen and oxygen atoms in total. The largest absolute Gasteiger partial charge is 0.340 e. The third-order valence-electron chi connectivity index (χ3n) is 1.32. The Balaban J connectivity index is 4.51. The van der Waals surface area contributed by atoms with E-state index in [2.05, 4.69) is 0 Å². The summed E-state index contributed by atoms with van der Waals surface area (Å²) < 4.78 is 28.3. The molecular weight excluding hydrogens is 286 g/mol. The standard InChI is InChI=1S/C12H28O5P2/c1-9(2)13-18(14-10(3)4)17-19(15-11(5)6)16-12(7)8/h9-12H,1-8H3. The van der Waals surface area contributed by atoms with Gasteiger partial charge in [0.1, 0.15) is 0 Å². The van der Waals surface area contributed by atoms with Gasteiger partial charge in [0.25, 0.3) is 0 Å². The van der Waals surface area contributed by atoms with Gasteiger partial charge < -0.3 is 18.1 Å². The lowest BCUT2D eigenvalue weighted by molar-refractivity contribution is 0.109. The highest BCUT2D eigenvalue weighted by Crippen LogP contribution is 2.57. The van der Waals surface area contributed by atoms with Crippen LogP contribution in [0.4, 0.5) is 0 Å². The summed E-state index contributed by atoms with van der Waals surface area (Å²) in [6, 6.07) is 0. The van der Waals surface area contributed by atoms with Crippen molar-refractivity contribution in [2.45, 2.75) is 79.8 Å². The molecule has 0 bridgehead atoms. The predicted octanol–water partition coefficient (Wildman–Crippen LogP) is 5.16. The van der Waals surface area contributed by atoms with Crippen LogP contribution in [0.15, 0.2) is 0 Å². The molecule has 0 aromatic carbocycles. The highest BCUT2D eigenvalue weighted by atomic mass is 31.2. The number of hydrogen-bond donors (Lipinski definition) is 0. The lowest BCUT2D eigenvalue weighted by Gasteiger charge is -2.26. The highest BCUT2D eigenvalue weighted by molar-refractivity contribution is 7.55. The summed E-state index contributed by atoms with van der Waals surface area (Å²) >= 11 is 0. The zero-order valence-corrected chi connectivity index (χ0v) is 15.0. The number of hydrogen-bond acceptors (Lipinski definition) is 5. The lowest BCUT2D eigenvalue weighted by atomic mass is 10.5. The molecule has 0 fully saturated rings. The minimum atomic E-state index is -1.46. The van der Waals surface area contributed by atoms with E-state index in [1.54, 1.807) is 0 Å². The molecule has 0 atom stereocenters. The van der Waals surface area contributed by atoms with Crippen LogP contribution in [-0.4, -0.2) is 24.4 Å². The Hall–Kier alpha value is 0.660. The van der Waals surface area contributed by atoms with Gasteiger partial charge in [0, 0.05) is 0 Å². The van der Waals surface area contributed by atoms with Gasteiger partial charge in [0.15, 0.2) is 0 Å². The van der Waals surface area contributed by atoms with Gasteiger partial charge in [-0.3, -0.25) is 0 Å². The molecule has 0 radical (unpaired) electrons. The van der Waals surface area contributed by atoms with Crippen molar-refractivity contribution in [2.24, 2.45) is 0 Å². The summed E-state index contributed by atoms with van der Waals surface area (Å²) in [7, 11) is -2.92. The summed E-state index contributed by atoms with van der Waals surface area (Å²) in [5.41, 5.74) is 0. The zero-order chi connectivity index (χ0) is 15.0. The normalized spacial score (nSPS) is 12.9. The van der Waals surface area contributed by atoms with Crippen molar-refractivity contribution < 1.29 is 22.4 Å². The first-order valence-corrected chi connectivity index (χ1v) is 8.85. The Morgan fingerprint density at radius 2 is 0.684 bits per heavy atom. The van der Waals surface area contributed by atoms with Crippen molar-refractivity contribution in [3.8, 4) is 0 Å². The number of rotatable bonds is 10. The van der Waals surface area contributed by atoms with Crippen molar-refractivity contribution in [3.05, 3.63) is 0 Å². The molecule has 0 aliphatic heterocycles. The maximum atomic E-state index is 5.73. The van der Waals surface area contributed by atoms with Crippen LogP contribution in [0.2, 0.25) is 0 Å². The molecule has 116 valence electrons. The summed E-state index contributed by atoms with van der Waals surface area (Å²) in [5.74, 6) is 0. The van der Waals surface area contributed by atoms with Crippen LogP contribution in [0.1, 0.15) is 55.4 Å². The molecule has 19 heavy (non-hydrogen) atoms. The predicted molar refractivity (Wildman–Crippen MR) is 79.8 cm³/mol. The van der Waals surface area contributed by atoms with Crippen LogP contribution in [0.5, 0.6) is 0 Å². The summed E-state index contributed by atoms with van der Waals surface area (Å²) in [4.78, 5) is 0. The topological polar surface area (TPSA) is 46.2 Å². The second-order valence-electron chi connectivity index (χ2n) is 5.15. The third-order valence-corrected chi connectivity index (χ3v) is 4.76. The quantitative estimate of drug-likeness (QED) is 0.521. The lowest BCUT2D eigenvalue weighted by Crippen LogP contribution is -2.09. The molecule has 0 N–H and O–H groups in total. The van der Waals surface area contributed by atoms with E-state index in [1.807, 2.05) is 55.4 Å². The van der Waals surface area contributed by atoms with Gasteiger partial charge in [-0.1, -0.05) is 0 Å². The first-order valence-electron chi connectivity index (χ1n) is 6.66. The molecule has 7 heteroatoms. The first-order chi connectivity index (χ1) is 8.70. The van der Waals surface area contributed by atoms with Crippen molar-refractivity contribution in [1.29, 1.82) is 0 Å². The third kappa shape index (κ3) is 12.1. The van der Waals surface area contributed by atoms with Crippen molar-refractivity contribution in [1.82, 2.24) is 0 Å². The average molecular weight is 314 g/mol. The van der Waals surface area contributed by atoms with E-state index < -0.39 is 17.2 Å². The van der Waals surface area contributed by atoms with Crippen LogP contribution < -0.4 is 0 Å². The Bertz CT molecular complexity index is 182. The minimum absolute atomic E-state index is 0.0276. The van der Waals surface area contributed by atoms with E-state index >= 15 is 0 Å². The summed E-state index contributed by atoms with van der Waals surface area (Å²) in [6.07, 6.45) is 0.110. The molecular formula is C12H28O5P2. The molecule has 0 unspecified atom stereocenters. The minimum Gasteiger partial charge on any atom is -0.309 e. The highest BCUT2D eigenvalue weighted by Gasteiger charge is 2.26. The van der Waals surface area contributed by atoms with Gasteiger partial charge in [-0.05, 0) is 55.4 Å². The smallest absolute Gasteiger partial charge is 0.309 e. The van der Waals surface area contributed by atoms with E-state index in [0.717, 1.165) is 0 Å². The maximum Gasteiger partial charge on any atom is 0.340 e. The van der Waals surface area contributed by atoms with E-state index in [-0.39, 0.29) is 24.4 Å². The van der Waals surface area contributed by atoms with Crippen LogP contribution in [-0.2, 0) is 22.4 Å². The Kier molecular flexibility index (Phi) is 10.8. The van der Waals surface area contributed by atoms with Gasteiger partial charge in [-0.2, -0.15) is 0 Å². The Morgan fingerprint density at radius 3 is 0.842 bits per heavy atom. The monoisotopic (exact) mass is 314 g/mol. The molecule has 0 spiro atoms. The van der Waals surface area contributed by atoms with Gasteiger partial charge in [0.05, 0.1) is 24.4 Å². The molecule has 0 rings (SSSR count). The summed E-state index contributed by atoms with van der Waals surface area (Å²) in [6.45, 7) is 15.5. The second kappa shape index (κ2) is 10.4. The van der Waals surface area contributed by atoms with Gasteiger partial charge in [-0.25, -0.2) is 4.31 Å². The van der Waals surface area contributed by atoms with E-state index in [1.165, 1.54) is 0 Å². The van der Waals surface area contributed by atoms with Crippen molar-refractivity contribution in [2.75, 3.05) is 0 Å². The van der Waals surface area contributed by atoms with Gasteiger partial charge >= 0.3 is 17.2 Å². The average Bonchev–Trinajstić information content (AvgIpc) is 2.11. The molecule has 0 saturated heterocycles. The van der Waals surface area contributed by atoms with Crippen LogP contribution in [0.3, 0.4) is 0 Å². The van der Waals surface area contributed by atoms with Crippen LogP contribution in [0.25, 0.3) is 0 Å².